The summed E-state index contributed by atoms with van der Waals surface area (Å²) in [5.74, 6) is 6.14. The number of hydrazine groups is 1. The quantitative estimate of drug-likeness (QED) is 0.525. The first-order valence-corrected chi connectivity index (χ1v) is 12.0. The highest BCUT2D eigenvalue weighted by Crippen LogP contribution is 2.46. The van der Waals surface area contributed by atoms with Gasteiger partial charge in [0, 0.05) is 53.4 Å². The van der Waals surface area contributed by atoms with Gasteiger partial charge in [-0.3, -0.25) is 14.9 Å². The van der Waals surface area contributed by atoms with Crippen LogP contribution in [0.3, 0.4) is 0 Å². The Bertz CT molecular complexity index is 927. The van der Waals surface area contributed by atoms with E-state index >= 15 is 0 Å². The lowest BCUT2D eigenvalue weighted by Gasteiger charge is -2.47. The first-order chi connectivity index (χ1) is 14.9. The van der Waals surface area contributed by atoms with Crippen LogP contribution in [0.1, 0.15) is 53.4 Å². The number of rotatable bonds is 6. The molecular weight excluding hydrogens is 408 g/mol. The fraction of sp³-hybridized carbons (Fsp3) is 0.565. The Hall–Kier alpha value is -2.00. The van der Waals surface area contributed by atoms with E-state index < -0.39 is 0 Å². The van der Waals surface area contributed by atoms with Crippen molar-refractivity contribution < 1.29 is 4.74 Å². The summed E-state index contributed by atoms with van der Waals surface area (Å²) in [6.07, 6.45) is 9.45. The molecule has 1 fully saturated rings. The van der Waals surface area contributed by atoms with Gasteiger partial charge in [0.05, 0.1) is 36.3 Å². The number of aromatic nitrogens is 2. The van der Waals surface area contributed by atoms with E-state index in [2.05, 4.69) is 34.8 Å². The molecular formula is C23H34N6OS. The molecule has 4 N–H and O–H groups in total. The molecule has 31 heavy (non-hydrogen) atoms. The molecule has 2 atom stereocenters. The van der Waals surface area contributed by atoms with Crippen LogP contribution in [0.2, 0.25) is 0 Å². The zero-order valence-electron chi connectivity index (χ0n) is 18.8. The summed E-state index contributed by atoms with van der Waals surface area (Å²) in [5.41, 5.74) is 10.1. The third-order valence-corrected chi connectivity index (χ3v) is 7.69. The number of nitrogens with zero attached hydrogens (tertiary/aromatic N) is 4. The van der Waals surface area contributed by atoms with Gasteiger partial charge in [-0.25, -0.2) is 5.84 Å². The normalized spacial score (nSPS) is 24.4. The molecule has 1 saturated heterocycles. The maximum atomic E-state index is 6.45. The highest BCUT2D eigenvalue weighted by molar-refractivity contribution is 7.12. The lowest BCUT2D eigenvalue weighted by atomic mass is 9.79. The van der Waals surface area contributed by atoms with Gasteiger partial charge in [-0.2, -0.15) is 0 Å². The topological polar surface area (TPSA) is 93.5 Å². The number of likely N-dealkylation sites (tertiary alicyclic amines) is 1. The molecule has 2 aromatic heterocycles. The number of aryl methyl sites for hydroxylation is 2. The predicted molar refractivity (Wildman–Crippen MR) is 124 cm³/mol. The molecule has 168 valence electrons. The van der Waals surface area contributed by atoms with E-state index in [0.29, 0.717) is 19.1 Å². The van der Waals surface area contributed by atoms with Crippen molar-refractivity contribution in [3.05, 3.63) is 57.1 Å². The van der Waals surface area contributed by atoms with Gasteiger partial charge in [-0.15, -0.1) is 11.3 Å². The molecule has 0 aliphatic carbocycles. The molecule has 2 aliphatic rings. The average Bonchev–Trinajstić information content (AvgIpc) is 3.17. The van der Waals surface area contributed by atoms with E-state index in [1.165, 1.54) is 15.3 Å². The smallest absolute Gasteiger partial charge is 0.0969 e. The van der Waals surface area contributed by atoms with Crippen molar-refractivity contribution >= 4 is 11.3 Å². The summed E-state index contributed by atoms with van der Waals surface area (Å²) in [5, 5.41) is 1.58. The van der Waals surface area contributed by atoms with Crippen molar-refractivity contribution in [1.82, 2.24) is 19.9 Å². The molecule has 0 aromatic carbocycles. The third-order valence-electron chi connectivity index (χ3n) is 6.35. The molecule has 7 nitrogen and oxygen atoms in total. The van der Waals surface area contributed by atoms with Gasteiger partial charge >= 0.3 is 0 Å². The van der Waals surface area contributed by atoms with E-state index in [1.54, 1.807) is 23.6 Å². The lowest BCUT2D eigenvalue weighted by Crippen LogP contribution is -2.51. The molecule has 4 rings (SSSR count). The summed E-state index contributed by atoms with van der Waals surface area (Å²) in [6, 6.07) is 2.78. The van der Waals surface area contributed by atoms with Gasteiger partial charge < -0.3 is 15.5 Å². The minimum Gasteiger partial charge on any atom is -0.400 e. The van der Waals surface area contributed by atoms with Gasteiger partial charge in [-0.05, 0) is 44.7 Å². The molecule has 2 aromatic rings. The molecule has 0 radical (unpaired) electrons. The van der Waals surface area contributed by atoms with E-state index in [9.17, 15) is 0 Å². The zero-order chi connectivity index (χ0) is 22.0. The molecule has 4 heterocycles. The average molecular weight is 443 g/mol. The zero-order valence-corrected chi connectivity index (χ0v) is 19.6. The maximum absolute atomic E-state index is 6.45. The van der Waals surface area contributed by atoms with Crippen molar-refractivity contribution in [3.63, 3.8) is 0 Å². The number of fused-ring (bicyclic) bond motifs is 2. The van der Waals surface area contributed by atoms with Crippen molar-refractivity contribution in [2.24, 2.45) is 11.6 Å². The minimum absolute atomic E-state index is 0.129. The standard InChI is InChI=1S/C23H34N6OS/c1-4-20-9-21-22(31-20)5-8-30-23(21)6-7-28(17(3)10-23)13-18(24)14-29(25)15-19-12-26-16(2)11-27-19/h9,11-12,14,17H,4-8,10,13,15,24-25H2,1-3H3/b18-14-/t17-,23+/m0/s1. The number of piperidine rings is 1. The number of hydrogen-bond acceptors (Lipinski definition) is 8. The number of ether oxygens (including phenoxy) is 1. The first kappa shape index (κ1) is 22.2. The van der Waals surface area contributed by atoms with Gasteiger partial charge in [0.1, 0.15) is 0 Å². The highest BCUT2D eigenvalue weighted by Gasteiger charge is 2.44. The van der Waals surface area contributed by atoms with E-state index in [-0.39, 0.29) is 5.60 Å². The fourth-order valence-corrected chi connectivity index (χ4v) is 5.91. The Labute approximate surface area is 189 Å². The Balaban J connectivity index is 1.38. The Morgan fingerprint density at radius 3 is 2.97 bits per heavy atom. The van der Waals surface area contributed by atoms with Crippen LogP contribution in [-0.4, -0.2) is 45.6 Å². The van der Waals surface area contributed by atoms with Gasteiger partial charge in [0.15, 0.2) is 0 Å². The molecule has 0 unspecified atom stereocenters. The van der Waals surface area contributed by atoms with Gasteiger partial charge in [-0.1, -0.05) is 6.92 Å². The SMILES string of the molecule is CCc1cc2c(s1)CCO[C@@]21CCN(C/C(N)=C/N(N)Cc2cnc(C)cn2)[C@@H](C)C1. The first-order valence-electron chi connectivity index (χ1n) is 11.1. The Kier molecular flexibility index (Phi) is 6.62. The molecule has 1 spiro atoms. The fourth-order valence-electron chi connectivity index (χ4n) is 4.73. The van der Waals surface area contributed by atoms with E-state index in [4.69, 9.17) is 16.3 Å². The monoisotopic (exact) mass is 442 g/mol. The number of hydrogen-bond donors (Lipinski definition) is 2. The van der Waals surface area contributed by atoms with Gasteiger partial charge in [0.2, 0.25) is 0 Å². The molecule has 0 amide bonds. The Morgan fingerprint density at radius 2 is 2.26 bits per heavy atom. The summed E-state index contributed by atoms with van der Waals surface area (Å²) in [6.45, 7) is 9.38. The van der Waals surface area contributed by atoms with Crippen molar-refractivity contribution in [2.75, 3.05) is 19.7 Å². The second-order valence-electron chi connectivity index (χ2n) is 8.79. The summed E-state index contributed by atoms with van der Waals surface area (Å²) in [4.78, 5) is 14.0. The molecule has 0 bridgehead atoms. The van der Waals surface area contributed by atoms with E-state index in [0.717, 1.165) is 55.9 Å². The van der Waals surface area contributed by atoms with E-state index in [1.807, 2.05) is 18.3 Å². The lowest BCUT2D eigenvalue weighted by molar-refractivity contribution is -0.109. The van der Waals surface area contributed by atoms with Crippen LogP contribution in [0.25, 0.3) is 0 Å². The van der Waals surface area contributed by atoms with Crippen LogP contribution < -0.4 is 11.6 Å². The highest BCUT2D eigenvalue weighted by atomic mass is 32.1. The summed E-state index contributed by atoms with van der Waals surface area (Å²) >= 11 is 1.97. The summed E-state index contributed by atoms with van der Waals surface area (Å²) < 4.78 is 6.45. The minimum atomic E-state index is -0.129. The van der Waals surface area contributed by atoms with Crippen LogP contribution in [0.15, 0.2) is 30.4 Å². The van der Waals surface area contributed by atoms with Crippen LogP contribution >= 0.6 is 11.3 Å². The second-order valence-corrected chi connectivity index (χ2v) is 10.0. The van der Waals surface area contributed by atoms with Crippen LogP contribution in [0.5, 0.6) is 0 Å². The van der Waals surface area contributed by atoms with Gasteiger partial charge in [0.25, 0.3) is 0 Å². The molecule has 2 aliphatic heterocycles. The number of nitrogens with two attached hydrogens (primary N) is 2. The van der Waals surface area contributed by atoms with Crippen LogP contribution in [-0.2, 0) is 29.7 Å². The number of thiophene rings is 1. The second kappa shape index (κ2) is 9.24. The van der Waals surface area contributed by atoms with Crippen LogP contribution in [0, 0.1) is 6.92 Å². The Morgan fingerprint density at radius 1 is 1.42 bits per heavy atom. The van der Waals surface area contributed by atoms with Crippen molar-refractivity contribution in [1.29, 1.82) is 0 Å². The maximum Gasteiger partial charge on any atom is 0.0969 e. The van der Waals surface area contributed by atoms with Crippen molar-refractivity contribution in [2.45, 2.75) is 64.6 Å². The predicted octanol–water partition coefficient (Wildman–Crippen LogP) is 2.84. The van der Waals surface area contributed by atoms with Crippen molar-refractivity contribution in [3.8, 4) is 0 Å². The summed E-state index contributed by atoms with van der Waals surface area (Å²) in [7, 11) is 0. The van der Waals surface area contributed by atoms with Crippen LogP contribution in [0.4, 0.5) is 0 Å². The molecule has 8 heteroatoms. The largest absolute Gasteiger partial charge is 0.400 e. The molecule has 0 saturated carbocycles. The third kappa shape index (κ3) is 4.92.